The molecule has 4 nitrogen and oxygen atoms in total. The van der Waals surface area contributed by atoms with Crippen LogP contribution in [0.5, 0.6) is 5.75 Å². The minimum Gasteiger partial charge on any atom is -0.495 e. The van der Waals surface area contributed by atoms with E-state index >= 15 is 0 Å². The smallest absolute Gasteiger partial charge is 0.141 e. The second kappa shape index (κ2) is 5.89. The largest absolute Gasteiger partial charge is 0.495 e. The molecule has 94 valence electrons. The lowest BCUT2D eigenvalue weighted by Gasteiger charge is -2.24. The third-order valence-corrected chi connectivity index (χ3v) is 2.89. The molecule has 0 aromatic heterocycles. The van der Waals surface area contributed by atoms with Gasteiger partial charge in [0.1, 0.15) is 5.75 Å². The third kappa shape index (κ3) is 3.35. The van der Waals surface area contributed by atoms with Gasteiger partial charge in [0, 0.05) is 19.1 Å². The van der Waals surface area contributed by atoms with Crippen molar-refractivity contribution in [1.82, 2.24) is 5.32 Å². The lowest BCUT2D eigenvalue weighted by molar-refractivity contribution is 0.0806. The zero-order valence-corrected chi connectivity index (χ0v) is 10.5. The van der Waals surface area contributed by atoms with E-state index in [9.17, 15) is 0 Å². The van der Waals surface area contributed by atoms with Gasteiger partial charge in [-0.3, -0.25) is 0 Å². The van der Waals surface area contributed by atoms with E-state index in [1.807, 2.05) is 12.1 Å². The van der Waals surface area contributed by atoms with Gasteiger partial charge in [0.25, 0.3) is 0 Å². The highest BCUT2D eigenvalue weighted by atomic mass is 16.5. The quantitative estimate of drug-likeness (QED) is 0.829. The summed E-state index contributed by atoms with van der Waals surface area (Å²) < 4.78 is 10.7. The van der Waals surface area contributed by atoms with Crippen LogP contribution in [0.1, 0.15) is 5.56 Å². The van der Waals surface area contributed by atoms with Crippen molar-refractivity contribution in [3.8, 4) is 5.75 Å². The van der Waals surface area contributed by atoms with Crippen molar-refractivity contribution in [3.63, 3.8) is 0 Å². The van der Waals surface area contributed by atoms with Crippen molar-refractivity contribution < 1.29 is 9.47 Å². The van der Waals surface area contributed by atoms with Crippen LogP contribution in [0, 0.1) is 6.92 Å². The Kier molecular flexibility index (Phi) is 4.23. The number of anilines is 1. The standard InChI is InChI=1S/C13H20N2O2/c1-10-3-4-13(16-2)12(7-10)15-8-11-9-17-6-5-14-11/h3-4,7,11,14-15H,5-6,8-9H2,1-2H3. The molecule has 2 N–H and O–H groups in total. The predicted octanol–water partition coefficient (Wildman–Crippen LogP) is 1.40. The summed E-state index contributed by atoms with van der Waals surface area (Å²) >= 11 is 0. The molecule has 1 unspecified atom stereocenters. The fourth-order valence-corrected chi connectivity index (χ4v) is 1.94. The van der Waals surface area contributed by atoms with Crippen LogP contribution in [-0.2, 0) is 4.74 Å². The first-order valence-corrected chi connectivity index (χ1v) is 5.99. The maximum Gasteiger partial charge on any atom is 0.141 e. The van der Waals surface area contributed by atoms with Gasteiger partial charge in [-0.05, 0) is 24.6 Å². The summed E-state index contributed by atoms with van der Waals surface area (Å²) in [5.74, 6) is 0.882. The molecule has 1 aromatic carbocycles. The first kappa shape index (κ1) is 12.2. The fourth-order valence-electron chi connectivity index (χ4n) is 1.94. The molecule has 17 heavy (non-hydrogen) atoms. The Morgan fingerprint density at radius 1 is 1.53 bits per heavy atom. The summed E-state index contributed by atoms with van der Waals surface area (Å²) in [5, 5.41) is 6.82. The number of benzene rings is 1. The zero-order chi connectivity index (χ0) is 12.1. The molecule has 0 saturated carbocycles. The van der Waals surface area contributed by atoms with Crippen LogP contribution in [-0.4, -0.2) is 39.5 Å². The van der Waals surface area contributed by atoms with Gasteiger partial charge in [-0.15, -0.1) is 0 Å². The Balaban J connectivity index is 1.95. The molecule has 2 rings (SSSR count). The van der Waals surface area contributed by atoms with Gasteiger partial charge in [0.15, 0.2) is 0 Å². The zero-order valence-electron chi connectivity index (χ0n) is 10.5. The fraction of sp³-hybridized carbons (Fsp3) is 0.538. The minimum absolute atomic E-state index is 0.369. The van der Waals surface area contributed by atoms with Gasteiger partial charge in [0.2, 0.25) is 0 Å². The van der Waals surface area contributed by atoms with Gasteiger partial charge >= 0.3 is 0 Å². The number of hydrogen-bond donors (Lipinski definition) is 2. The monoisotopic (exact) mass is 236 g/mol. The maximum atomic E-state index is 5.42. The van der Waals surface area contributed by atoms with Crippen LogP contribution in [0.3, 0.4) is 0 Å². The van der Waals surface area contributed by atoms with Crippen molar-refractivity contribution >= 4 is 5.69 Å². The molecule has 1 aromatic rings. The normalized spacial score (nSPS) is 20.0. The van der Waals surface area contributed by atoms with Crippen molar-refractivity contribution in [2.75, 3.05) is 38.7 Å². The lowest BCUT2D eigenvalue weighted by atomic mass is 10.2. The molecule has 0 radical (unpaired) electrons. The molecule has 1 aliphatic heterocycles. The van der Waals surface area contributed by atoms with Gasteiger partial charge in [-0.1, -0.05) is 6.07 Å². The molecule has 0 aliphatic carbocycles. The second-order valence-electron chi connectivity index (χ2n) is 4.31. The van der Waals surface area contributed by atoms with Crippen molar-refractivity contribution in [1.29, 1.82) is 0 Å². The maximum absolute atomic E-state index is 5.42. The SMILES string of the molecule is COc1ccc(C)cc1NCC1COCCN1. The molecule has 1 aliphatic rings. The molecule has 1 atom stereocenters. The average Bonchev–Trinajstić information content (AvgIpc) is 2.38. The molecule has 1 fully saturated rings. The number of rotatable bonds is 4. The first-order chi connectivity index (χ1) is 8.29. The van der Waals surface area contributed by atoms with Crippen LogP contribution in [0.4, 0.5) is 5.69 Å². The van der Waals surface area contributed by atoms with E-state index in [1.54, 1.807) is 7.11 Å². The molecule has 0 amide bonds. The first-order valence-electron chi connectivity index (χ1n) is 5.99. The van der Waals surface area contributed by atoms with E-state index in [4.69, 9.17) is 9.47 Å². The Morgan fingerprint density at radius 2 is 2.41 bits per heavy atom. The van der Waals surface area contributed by atoms with E-state index in [-0.39, 0.29) is 0 Å². The molecular formula is C13H20N2O2. The van der Waals surface area contributed by atoms with E-state index in [0.717, 1.165) is 37.7 Å². The van der Waals surface area contributed by atoms with Gasteiger partial charge < -0.3 is 20.1 Å². The van der Waals surface area contributed by atoms with Crippen LogP contribution in [0.25, 0.3) is 0 Å². The van der Waals surface area contributed by atoms with Crippen molar-refractivity contribution in [2.45, 2.75) is 13.0 Å². The number of aryl methyl sites for hydroxylation is 1. The Morgan fingerprint density at radius 3 is 3.12 bits per heavy atom. The summed E-state index contributed by atoms with van der Waals surface area (Å²) in [5.41, 5.74) is 2.26. The van der Waals surface area contributed by atoms with Gasteiger partial charge in [-0.2, -0.15) is 0 Å². The van der Waals surface area contributed by atoms with Crippen LogP contribution < -0.4 is 15.4 Å². The van der Waals surface area contributed by atoms with E-state index in [0.29, 0.717) is 6.04 Å². The lowest BCUT2D eigenvalue weighted by Crippen LogP contribution is -2.45. The Labute approximate surface area is 102 Å². The molecule has 4 heteroatoms. The highest BCUT2D eigenvalue weighted by Crippen LogP contribution is 2.24. The molecule has 0 bridgehead atoms. The topological polar surface area (TPSA) is 42.5 Å². The van der Waals surface area contributed by atoms with E-state index in [1.165, 1.54) is 5.56 Å². The minimum atomic E-state index is 0.369. The molecular weight excluding hydrogens is 216 g/mol. The highest BCUT2D eigenvalue weighted by Gasteiger charge is 2.13. The highest BCUT2D eigenvalue weighted by molar-refractivity contribution is 5.58. The van der Waals surface area contributed by atoms with Crippen LogP contribution in [0.15, 0.2) is 18.2 Å². The molecule has 1 saturated heterocycles. The Hall–Kier alpha value is -1.26. The van der Waals surface area contributed by atoms with Gasteiger partial charge in [0.05, 0.1) is 26.0 Å². The number of methoxy groups -OCH3 is 1. The van der Waals surface area contributed by atoms with Crippen molar-refractivity contribution in [2.24, 2.45) is 0 Å². The Bertz CT molecular complexity index is 362. The molecule has 0 spiro atoms. The summed E-state index contributed by atoms with van der Waals surface area (Å²) in [4.78, 5) is 0. The summed E-state index contributed by atoms with van der Waals surface area (Å²) in [6.45, 7) is 5.43. The van der Waals surface area contributed by atoms with Crippen LogP contribution in [0.2, 0.25) is 0 Å². The van der Waals surface area contributed by atoms with Crippen LogP contribution >= 0.6 is 0 Å². The van der Waals surface area contributed by atoms with Crippen molar-refractivity contribution in [3.05, 3.63) is 23.8 Å². The van der Waals surface area contributed by atoms with E-state index in [2.05, 4.69) is 23.6 Å². The number of nitrogens with one attached hydrogen (secondary N) is 2. The number of morpholine rings is 1. The van der Waals surface area contributed by atoms with Gasteiger partial charge in [-0.25, -0.2) is 0 Å². The molecule has 1 heterocycles. The third-order valence-electron chi connectivity index (χ3n) is 2.89. The predicted molar refractivity (Wildman–Crippen MR) is 68.8 cm³/mol. The summed E-state index contributed by atoms with van der Waals surface area (Å²) in [6, 6.07) is 6.51. The number of hydrogen-bond acceptors (Lipinski definition) is 4. The number of ether oxygens (including phenoxy) is 2. The average molecular weight is 236 g/mol. The summed E-state index contributed by atoms with van der Waals surface area (Å²) in [6.07, 6.45) is 0. The van der Waals surface area contributed by atoms with E-state index < -0.39 is 0 Å². The summed E-state index contributed by atoms with van der Waals surface area (Å²) in [7, 11) is 1.69. The second-order valence-corrected chi connectivity index (χ2v) is 4.31.